The molecule has 1 aromatic carbocycles. The molecule has 1 rings (SSSR count). The van der Waals surface area contributed by atoms with Gasteiger partial charge >= 0.3 is 0 Å². The summed E-state index contributed by atoms with van der Waals surface area (Å²) in [6.45, 7) is 0.310. The maximum absolute atomic E-state index is 11.5. The summed E-state index contributed by atoms with van der Waals surface area (Å²) in [5.74, 6) is 0.433. The minimum atomic E-state index is -3.20. The predicted octanol–water partition coefficient (Wildman–Crippen LogP) is 2.50. The van der Waals surface area contributed by atoms with Gasteiger partial charge < -0.3 is 0 Å². The lowest BCUT2D eigenvalue weighted by Gasteiger charge is -2.06. The van der Waals surface area contributed by atoms with Gasteiger partial charge in [0.2, 0.25) is 10.0 Å². The van der Waals surface area contributed by atoms with Gasteiger partial charge in [0.15, 0.2) is 0 Å². The summed E-state index contributed by atoms with van der Waals surface area (Å²) in [6, 6.07) is 7.51. The van der Waals surface area contributed by atoms with Crippen LogP contribution in [-0.2, 0) is 16.6 Å². The predicted molar refractivity (Wildman–Crippen MR) is 70.1 cm³/mol. The Morgan fingerprint density at radius 1 is 1.38 bits per heavy atom. The van der Waals surface area contributed by atoms with Gasteiger partial charge in [-0.1, -0.05) is 28.1 Å². The van der Waals surface area contributed by atoms with Crippen molar-refractivity contribution >= 4 is 37.6 Å². The Bertz CT molecular complexity index is 436. The van der Waals surface area contributed by atoms with Crippen LogP contribution in [0.25, 0.3) is 0 Å². The molecule has 0 aromatic heterocycles. The summed E-state index contributed by atoms with van der Waals surface area (Å²) >= 11 is 8.78. The van der Waals surface area contributed by atoms with Crippen LogP contribution in [0.2, 0.25) is 0 Å². The second-order valence-corrected chi connectivity index (χ2v) is 6.53. The Morgan fingerprint density at radius 3 is 2.75 bits per heavy atom. The van der Waals surface area contributed by atoms with Gasteiger partial charge in [-0.2, -0.15) is 0 Å². The summed E-state index contributed by atoms with van der Waals surface area (Å²) < 4.78 is 26.4. The third-order valence-electron chi connectivity index (χ3n) is 1.93. The molecule has 6 heteroatoms. The Balaban J connectivity index is 2.51. The minimum Gasteiger partial charge on any atom is -0.212 e. The first kappa shape index (κ1) is 14.0. The van der Waals surface area contributed by atoms with Crippen molar-refractivity contribution in [2.24, 2.45) is 0 Å². The molecular formula is C10H13BrClNO2S. The zero-order chi connectivity index (χ0) is 12.0. The molecule has 0 bridgehead atoms. The van der Waals surface area contributed by atoms with E-state index in [0.29, 0.717) is 18.8 Å². The maximum Gasteiger partial charge on any atom is 0.211 e. The highest BCUT2D eigenvalue weighted by molar-refractivity contribution is 9.10. The first-order valence-corrected chi connectivity index (χ1v) is 7.79. The van der Waals surface area contributed by atoms with Gasteiger partial charge in [0.25, 0.3) is 0 Å². The molecule has 0 atom stereocenters. The summed E-state index contributed by atoms with van der Waals surface area (Å²) in [7, 11) is -3.20. The lowest BCUT2D eigenvalue weighted by atomic mass is 10.2. The van der Waals surface area contributed by atoms with Gasteiger partial charge in [-0.3, -0.25) is 0 Å². The van der Waals surface area contributed by atoms with Crippen molar-refractivity contribution in [3.8, 4) is 0 Å². The van der Waals surface area contributed by atoms with E-state index in [1.165, 1.54) is 0 Å². The number of alkyl halides is 1. The molecule has 0 heterocycles. The Labute approximate surface area is 109 Å². The fraction of sp³-hybridized carbons (Fsp3) is 0.400. The maximum atomic E-state index is 11.5. The number of halogens is 2. The molecule has 0 unspecified atom stereocenters. The Morgan fingerprint density at radius 2 is 2.12 bits per heavy atom. The molecule has 1 aromatic rings. The van der Waals surface area contributed by atoms with E-state index in [4.69, 9.17) is 11.6 Å². The summed E-state index contributed by atoms with van der Waals surface area (Å²) in [5, 5.41) is 0. The van der Waals surface area contributed by atoms with Crippen molar-refractivity contribution in [2.75, 3.05) is 11.6 Å². The van der Waals surface area contributed by atoms with Crippen LogP contribution in [0, 0.1) is 0 Å². The lowest BCUT2D eigenvalue weighted by Crippen LogP contribution is -2.26. The normalized spacial score (nSPS) is 11.6. The molecule has 0 aliphatic rings. The number of nitrogens with one attached hydrogen (secondary N) is 1. The molecular weight excluding hydrogens is 314 g/mol. The molecule has 90 valence electrons. The van der Waals surface area contributed by atoms with Crippen molar-refractivity contribution in [1.29, 1.82) is 0 Å². The number of benzene rings is 1. The van der Waals surface area contributed by atoms with Crippen molar-refractivity contribution in [1.82, 2.24) is 4.72 Å². The number of hydrogen-bond donors (Lipinski definition) is 1. The average Bonchev–Trinajstić information content (AvgIpc) is 2.24. The van der Waals surface area contributed by atoms with E-state index in [0.717, 1.165) is 10.0 Å². The third kappa shape index (κ3) is 5.30. The van der Waals surface area contributed by atoms with Gasteiger partial charge in [0.1, 0.15) is 0 Å². The highest BCUT2D eigenvalue weighted by Crippen LogP contribution is 2.11. The van der Waals surface area contributed by atoms with Crippen LogP contribution >= 0.6 is 27.5 Å². The third-order valence-corrected chi connectivity index (χ3v) is 4.10. The van der Waals surface area contributed by atoms with Gasteiger partial charge in [-0.15, -0.1) is 11.6 Å². The molecule has 16 heavy (non-hydrogen) atoms. The Kier molecular flexibility index (Phi) is 5.75. The quantitative estimate of drug-likeness (QED) is 0.816. The van der Waals surface area contributed by atoms with E-state index in [1.54, 1.807) is 0 Å². The highest BCUT2D eigenvalue weighted by atomic mass is 79.9. The van der Waals surface area contributed by atoms with Crippen LogP contribution < -0.4 is 4.72 Å². The van der Waals surface area contributed by atoms with Crippen LogP contribution in [0.4, 0.5) is 0 Å². The van der Waals surface area contributed by atoms with E-state index in [9.17, 15) is 8.42 Å². The van der Waals surface area contributed by atoms with Crippen molar-refractivity contribution in [2.45, 2.75) is 13.0 Å². The van der Waals surface area contributed by atoms with Gasteiger partial charge in [-0.25, -0.2) is 13.1 Å². The lowest BCUT2D eigenvalue weighted by molar-refractivity contribution is 0.580. The van der Waals surface area contributed by atoms with E-state index in [2.05, 4.69) is 20.7 Å². The van der Waals surface area contributed by atoms with Crippen LogP contribution in [0.5, 0.6) is 0 Å². The Hall–Kier alpha value is -0.100. The fourth-order valence-corrected chi connectivity index (χ4v) is 2.95. The largest absolute Gasteiger partial charge is 0.212 e. The van der Waals surface area contributed by atoms with Crippen molar-refractivity contribution < 1.29 is 8.42 Å². The molecule has 1 N–H and O–H groups in total. The minimum absolute atomic E-state index is 0.0739. The topological polar surface area (TPSA) is 46.2 Å². The van der Waals surface area contributed by atoms with Gasteiger partial charge in [0.05, 0.1) is 5.75 Å². The van der Waals surface area contributed by atoms with E-state index >= 15 is 0 Å². The first-order chi connectivity index (χ1) is 7.53. The molecule has 0 spiro atoms. The number of rotatable bonds is 6. The zero-order valence-corrected chi connectivity index (χ0v) is 11.8. The number of hydrogen-bond acceptors (Lipinski definition) is 2. The van der Waals surface area contributed by atoms with Crippen LogP contribution in [-0.4, -0.2) is 20.1 Å². The highest BCUT2D eigenvalue weighted by Gasteiger charge is 2.08. The summed E-state index contributed by atoms with van der Waals surface area (Å²) in [5.41, 5.74) is 0.920. The average molecular weight is 327 g/mol. The smallest absolute Gasteiger partial charge is 0.211 e. The first-order valence-electron chi connectivity index (χ1n) is 4.81. The molecule has 0 radical (unpaired) electrons. The molecule has 0 saturated heterocycles. The van der Waals surface area contributed by atoms with Gasteiger partial charge in [0, 0.05) is 16.9 Å². The number of sulfonamides is 1. The summed E-state index contributed by atoms with van der Waals surface area (Å²) in [4.78, 5) is 0. The molecule has 0 aliphatic carbocycles. The van der Waals surface area contributed by atoms with E-state index < -0.39 is 10.0 Å². The molecule has 0 fully saturated rings. The van der Waals surface area contributed by atoms with E-state index in [1.807, 2.05) is 24.3 Å². The fourth-order valence-electron chi connectivity index (χ4n) is 1.16. The summed E-state index contributed by atoms with van der Waals surface area (Å²) in [6.07, 6.45) is 0.468. The molecule has 0 aliphatic heterocycles. The second-order valence-electron chi connectivity index (χ2n) is 3.31. The zero-order valence-electron chi connectivity index (χ0n) is 8.62. The van der Waals surface area contributed by atoms with Crippen LogP contribution in [0.15, 0.2) is 28.7 Å². The molecule has 0 amide bonds. The standard InChI is InChI=1S/C10H13BrClNO2S/c11-10-4-1-3-9(7-10)8-13-16(14,15)6-2-5-12/h1,3-4,7,13H,2,5-6,8H2. The van der Waals surface area contributed by atoms with Crippen LogP contribution in [0.3, 0.4) is 0 Å². The molecule has 3 nitrogen and oxygen atoms in total. The van der Waals surface area contributed by atoms with Crippen molar-refractivity contribution in [3.63, 3.8) is 0 Å². The van der Waals surface area contributed by atoms with E-state index in [-0.39, 0.29) is 5.75 Å². The second kappa shape index (κ2) is 6.59. The monoisotopic (exact) mass is 325 g/mol. The SMILES string of the molecule is O=S(=O)(CCCCl)NCc1cccc(Br)c1. The van der Waals surface area contributed by atoms with Gasteiger partial charge in [-0.05, 0) is 24.1 Å². The van der Waals surface area contributed by atoms with Crippen molar-refractivity contribution in [3.05, 3.63) is 34.3 Å². The van der Waals surface area contributed by atoms with Crippen LogP contribution in [0.1, 0.15) is 12.0 Å². The molecule has 0 saturated carbocycles.